The fourth-order valence-corrected chi connectivity index (χ4v) is 3.02. The number of nitrogens with zero attached hydrogens (tertiary/aromatic N) is 1. The van der Waals surface area contributed by atoms with Crippen molar-refractivity contribution in [3.63, 3.8) is 0 Å². The summed E-state index contributed by atoms with van der Waals surface area (Å²) in [6.07, 6.45) is 3.46. The molecule has 1 saturated heterocycles. The van der Waals surface area contributed by atoms with Crippen LogP contribution in [-0.4, -0.2) is 35.5 Å². The summed E-state index contributed by atoms with van der Waals surface area (Å²) in [4.78, 5) is 25.6. The number of nitrogens with two attached hydrogens (primary N) is 1. The minimum absolute atomic E-state index is 0.106. The van der Waals surface area contributed by atoms with Crippen molar-refractivity contribution in [2.24, 2.45) is 0 Å². The van der Waals surface area contributed by atoms with Crippen LogP contribution >= 0.6 is 0 Å². The number of ether oxygens (including phenoxy) is 1. The van der Waals surface area contributed by atoms with Gasteiger partial charge in [-0.2, -0.15) is 0 Å². The van der Waals surface area contributed by atoms with Crippen molar-refractivity contribution in [1.29, 1.82) is 0 Å². The summed E-state index contributed by atoms with van der Waals surface area (Å²) in [6.45, 7) is 0.538. The number of rotatable bonds is 4. The first-order valence-corrected chi connectivity index (χ1v) is 7.23. The average molecular weight is 289 g/mol. The van der Waals surface area contributed by atoms with Crippen LogP contribution in [0, 0.1) is 0 Å². The van der Waals surface area contributed by atoms with Crippen LogP contribution in [0.2, 0.25) is 0 Å². The number of urea groups is 1. The lowest BCUT2D eigenvalue weighted by Gasteiger charge is -2.20. The van der Waals surface area contributed by atoms with Gasteiger partial charge < -0.3 is 15.8 Å². The Balaban J connectivity index is 1.56. The average Bonchev–Trinajstić information content (AvgIpc) is 3.02. The molecule has 0 aromatic heterocycles. The molecule has 1 saturated carbocycles. The van der Waals surface area contributed by atoms with Crippen molar-refractivity contribution < 1.29 is 14.3 Å². The molecule has 3 N–H and O–H groups in total. The largest absolute Gasteiger partial charge is 0.492 e. The number of anilines is 1. The molecule has 6 nitrogen and oxygen atoms in total. The zero-order valence-corrected chi connectivity index (χ0v) is 11.8. The molecule has 1 spiro atoms. The number of benzene rings is 1. The van der Waals surface area contributed by atoms with Gasteiger partial charge in [0.05, 0.1) is 6.54 Å². The summed E-state index contributed by atoms with van der Waals surface area (Å²) in [6, 6.07) is 6.72. The molecule has 0 bridgehead atoms. The maximum Gasteiger partial charge on any atom is 0.325 e. The van der Waals surface area contributed by atoms with Crippen LogP contribution in [0.5, 0.6) is 5.75 Å². The van der Waals surface area contributed by atoms with E-state index in [1.807, 2.05) is 0 Å². The van der Waals surface area contributed by atoms with E-state index < -0.39 is 5.54 Å². The topological polar surface area (TPSA) is 84.7 Å². The predicted octanol–water partition coefficient (Wildman–Crippen LogP) is 1.51. The number of hydrogen-bond donors (Lipinski definition) is 2. The highest BCUT2D eigenvalue weighted by Crippen LogP contribution is 2.34. The lowest BCUT2D eigenvalue weighted by Crippen LogP contribution is -2.44. The van der Waals surface area contributed by atoms with Crippen molar-refractivity contribution in [2.45, 2.75) is 31.2 Å². The Morgan fingerprint density at radius 3 is 2.52 bits per heavy atom. The van der Waals surface area contributed by atoms with E-state index >= 15 is 0 Å². The standard InChI is InChI=1S/C15H19N3O3/c16-11-3-5-12(6-4-11)21-10-9-18-13(19)15(17-14(18)20)7-1-2-8-15/h3-6H,1-2,7-10,16H2,(H,17,20). The molecule has 1 aromatic carbocycles. The molecule has 0 atom stereocenters. The van der Waals surface area contributed by atoms with Crippen LogP contribution in [-0.2, 0) is 4.79 Å². The van der Waals surface area contributed by atoms with Crippen LogP contribution in [0.15, 0.2) is 24.3 Å². The molecule has 3 rings (SSSR count). The van der Waals surface area contributed by atoms with Crippen LogP contribution in [0.3, 0.4) is 0 Å². The van der Waals surface area contributed by atoms with E-state index in [1.54, 1.807) is 24.3 Å². The van der Waals surface area contributed by atoms with E-state index in [0.29, 0.717) is 11.4 Å². The van der Waals surface area contributed by atoms with Crippen molar-refractivity contribution >= 4 is 17.6 Å². The van der Waals surface area contributed by atoms with E-state index in [2.05, 4.69) is 5.32 Å². The summed E-state index contributed by atoms with van der Waals surface area (Å²) < 4.78 is 5.54. The number of nitrogen functional groups attached to an aromatic ring is 1. The first kappa shape index (κ1) is 13.7. The maximum absolute atomic E-state index is 12.4. The molecule has 0 unspecified atom stereocenters. The van der Waals surface area contributed by atoms with Crippen LogP contribution < -0.4 is 15.8 Å². The van der Waals surface area contributed by atoms with E-state index in [1.165, 1.54) is 4.90 Å². The molecule has 6 heteroatoms. The predicted molar refractivity (Wildman–Crippen MR) is 77.8 cm³/mol. The van der Waals surface area contributed by atoms with Crippen molar-refractivity contribution in [3.8, 4) is 5.75 Å². The third kappa shape index (κ3) is 2.53. The molecule has 21 heavy (non-hydrogen) atoms. The van der Waals surface area contributed by atoms with Gasteiger partial charge in [-0.15, -0.1) is 0 Å². The Labute approximate surface area is 123 Å². The number of carbonyl (C=O) groups is 2. The van der Waals surface area contributed by atoms with Crippen molar-refractivity contribution in [2.75, 3.05) is 18.9 Å². The fraction of sp³-hybridized carbons (Fsp3) is 0.467. The summed E-state index contributed by atoms with van der Waals surface area (Å²) >= 11 is 0. The van der Waals surface area contributed by atoms with Gasteiger partial charge in [-0.3, -0.25) is 9.69 Å². The Morgan fingerprint density at radius 1 is 1.19 bits per heavy atom. The van der Waals surface area contributed by atoms with Gasteiger partial charge in [-0.25, -0.2) is 4.79 Å². The third-order valence-electron chi connectivity index (χ3n) is 4.17. The van der Waals surface area contributed by atoms with Gasteiger partial charge in [-0.05, 0) is 37.1 Å². The van der Waals surface area contributed by atoms with Crippen molar-refractivity contribution in [3.05, 3.63) is 24.3 Å². The van der Waals surface area contributed by atoms with E-state index in [4.69, 9.17) is 10.5 Å². The van der Waals surface area contributed by atoms with E-state index in [0.717, 1.165) is 25.7 Å². The Hall–Kier alpha value is -2.24. The third-order valence-corrected chi connectivity index (χ3v) is 4.17. The molecule has 1 heterocycles. The Morgan fingerprint density at radius 2 is 1.86 bits per heavy atom. The minimum atomic E-state index is -0.641. The van der Waals surface area contributed by atoms with Crippen LogP contribution in [0.4, 0.5) is 10.5 Å². The SMILES string of the molecule is Nc1ccc(OCCN2C(=O)NC3(CCCC3)C2=O)cc1. The zero-order valence-electron chi connectivity index (χ0n) is 11.8. The van der Waals surface area contributed by atoms with Gasteiger partial charge in [0, 0.05) is 5.69 Å². The first-order valence-electron chi connectivity index (χ1n) is 7.23. The van der Waals surface area contributed by atoms with Crippen LogP contribution in [0.1, 0.15) is 25.7 Å². The molecule has 1 aliphatic carbocycles. The number of nitrogens with one attached hydrogen (secondary N) is 1. The Kier molecular flexibility index (Phi) is 3.45. The number of carbonyl (C=O) groups excluding carboxylic acids is 2. The highest BCUT2D eigenvalue weighted by molar-refractivity contribution is 6.07. The van der Waals surface area contributed by atoms with Crippen molar-refractivity contribution in [1.82, 2.24) is 10.2 Å². The lowest BCUT2D eigenvalue weighted by atomic mass is 9.98. The van der Waals surface area contributed by atoms with Gasteiger partial charge in [0.15, 0.2) is 0 Å². The van der Waals surface area contributed by atoms with E-state index in [-0.39, 0.29) is 25.1 Å². The van der Waals surface area contributed by atoms with Gasteiger partial charge in [0.1, 0.15) is 17.9 Å². The second-order valence-corrected chi connectivity index (χ2v) is 5.59. The Bertz CT molecular complexity index is 550. The molecule has 2 aliphatic rings. The maximum atomic E-state index is 12.4. The normalized spacial score (nSPS) is 20.1. The molecular formula is C15H19N3O3. The quantitative estimate of drug-likeness (QED) is 0.650. The highest BCUT2D eigenvalue weighted by atomic mass is 16.5. The van der Waals surface area contributed by atoms with E-state index in [9.17, 15) is 9.59 Å². The molecule has 2 fully saturated rings. The van der Waals surface area contributed by atoms with Gasteiger partial charge in [0.2, 0.25) is 0 Å². The molecule has 1 aliphatic heterocycles. The summed E-state index contributed by atoms with van der Waals surface area (Å²) in [5.74, 6) is 0.567. The smallest absolute Gasteiger partial charge is 0.325 e. The second kappa shape index (κ2) is 5.27. The number of imide groups is 1. The molecule has 1 aromatic rings. The molecule has 112 valence electrons. The highest BCUT2D eigenvalue weighted by Gasteiger charge is 2.52. The van der Waals surface area contributed by atoms with Gasteiger partial charge in [-0.1, -0.05) is 12.8 Å². The summed E-state index contributed by atoms with van der Waals surface area (Å²) in [7, 11) is 0. The van der Waals surface area contributed by atoms with Crippen LogP contribution in [0.25, 0.3) is 0 Å². The monoisotopic (exact) mass is 289 g/mol. The number of amides is 3. The number of hydrogen-bond acceptors (Lipinski definition) is 4. The first-order chi connectivity index (χ1) is 10.1. The molecule has 0 radical (unpaired) electrons. The fourth-order valence-electron chi connectivity index (χ4n) is 3.02. The molecular weight excluding hydrogens is 270 g/mol. The summed E-state index contributed by atoms with van der Waals surface area (Å²) in [5.41, 5.74) is 5.62. The summed E-state index contributed by atoms with van der Waals surface area (Å²) in [5, 5.41) is 2.85. The van der Waals surface area contributed by atoms with Gasteiger partial charge in [0.25, 0.3) is 5.91 Å². The van der Waals surface area contributed by atoms with Gasteiger partial charge >= 0.3 is 6.03 Å². The zero-order chi connectivity index (χ0) is 14.9. The molecule has 3 amide bonds. The minimum Gasteiger partial charge on any atom is -0.492 e. The second-order valence-electron chi connectivity index (χ2n) is 5.59. The lowest BCUT2D eigenvalue weighted by molar-refractivity contribution is -0.131.